The zero-order chi connectivity index (χ0) is 19.1. The van der Waals surface area contributed by atoms with E-state index in [9.17, 15) is 10.1 Å². The summed E-state index contributed by atoms with van der Waals surface area (Å²) in [6.45, 7) is 4.62. The molecule has 0 aliphatic carbocycles. The number of ether oxygens (including phenoxy) is 1. The predicted molar refractivity (Wildman–Crippen MR) is 104 cm³/mol. The van der Waals surface area contributed by atoms with Crippen LogP contribution >= 0.6 is 23.2 Å². The molecule has 0 unspecified atom stereocenters. The molecule has 3 aromatic rings. The average Bonchev–Trinajstić information content (AvgIpc) is 3.01. The molecule has 0 saturated carbocycles. The van der Waals surface area contributed by atoms with Gasteiger partial charge in [-0.25, -0.2) is 0 Å². The van der Waals surface area contributed by atoms with E-state index in [1.807, 2.05) is 18.3 Å². The number of hydrogen-bond acceptors (Lipinski definition) is 4. The van der Waals surface area contributed by atoms with Gasteiger partial charge in [0.05, 0.1) is 15.0 Å². The van der Waals surface area contributed by atoms with E-state index in [0.717, 1.165) is 16.5 Å². The molecule has 136 valence electrons. The molecule has 0 fully saturated rings. The Hall–Kier alpha value is -2.28. The highest BCUT2D eigenvalue weighted by Crippen LogP contribution is 2.40. The van der Waals surface area contributed by atoms with Crippen molar-refractivity contribution >= 4 is 39.8 Å². The van der Waals surface area contributed by atoms with Crippen molar-refractivity contribution in [2.75, 3.05) is 6.54 Å². The highest BCUT2D eigenvalue weighted by Gasteiger charge is 2.23. The van der Waals surface area contributed by atoms with E-state index in [-0.39, 0.29) is 26.9 Å². The number of H-pyrrole nitrogens is 1. The fourth-order valence-corrected chi connectivity index (χ4v) is 3.25. The lowest BCUT2D eigenvalue weighted by Crippen LogP contribution is -2.27. The molecule has 1 heterocycles. The number of fused-ring (bicyclic) bond motifs is 1. The predicted octanol–water partition coefficient (Wildman–Crippen LogP) is 5.41. The number of nitrogens with zero attached hydrogens (tertiary/aromatic N) is 1. The summed E-state index contributed by atoms with van der Waals surface area (Å²) in [7, 11) is 0. The van der Waals surface area contributed by atoms with E-state index in [0.29, 0.717) is 12.3 Å². The molecule has 8 heteroatoms. The number of hydrogen-bond donors (Lipinski definition) is 2. The van der Waals surface area contributed by atoms with Gasteiger partial charge >= 0.3 is 0 Å². The Labute approximate surface area is 160 Å². The molecule has 1 aromatic heterocycles. The van der Waals surface area contributed by atoms with Gasteiger partial charge < -0.3 is 15.5 Å². The Kier molecular flexibility index (Phi) is 4.84. The number of non-ortho nitro benzene ring substituents is 1. The van der Waals surface area contributed by atoms with Crippen molar-refractivity contribution in [2.45, 2.75) is 19.3 Å². The maximum Gasteiger partial charge on any atom is 0.272 e. The van der Waals surface area contributed by atoms with Crippen LogP contribution in [0.1, 0.15) is 19.4 Å². The minimum atomic E-state index is -0.561. The van der Waals surface area contributed by atoms with E-state index < -0.39 is 4.92 Å². The van der Waals surface area contributed by atoms with Gasteiger partial charge in [0.15, 0.2) is 5.75 Å². The van der Waals surface area contributed by atoms with Crippen LogP contribution in [0.2, 0.25) is 10.0 Å². The van der Waals surface area contributed by atoms with Gasteiger partial charge in [-0.05, 0) is 23.8 Å². The summed E-state index contributed by atoms with van der Waals surface area (Å²) in [6.07, 6.45) is 1.94. The van der Waals surface area contributed by atoms with Crippen LogP contribution in [0.15, 0.2) is 36.5 Å². The standard InChI is InChI=1S/C18H17Cl2N3O3/c1-18(2,9-21)13-8-22-16-4-3-11(7-12(13)16)26-17-14(19)5-10(23(24)25)6-15(17)20/h3-8,22H,9,21H2,1-2H3. The van der Waals surface area contributed by atoms with Crippen LogP contribution in [-0.2, 0) is 5.41 Å². The first kappa shape index (κ1) is 18.5. The van der Waals surface area contributed by atoms with E-state index in [4.69, 9.17) is 33.7 Å². The highest BCUT2D eigenvalue weighted by molar-refractivity contribution is 6.37. The Morgan fingerprint density at radius 3 is 2.46 bits per heavy atom. The van der Waals surface area contributed by atoms with Crippen molar-refractivity contribution in [3.8, 4) is 11.5 Å². The first-order chi connectivity index (χ1) is 12.2. The van der Waals surface area contributed by atoms with Crippen LogP contribution in [0.5, 0.6) is 11.5 Å². The van der Waals surface area contributed by atoms with Gasteiger partial charge in [-0.2, -0.15) is 0 Å². The fraction of sp³-hybridized carbons (Fsp3) is 0.222. The molecule has 3 N–H and O–H groups in total. The molecule has 0 bridgehead atoms. The largest absolute Gasteiger partial charge is 0.454 e. The molecule has 0 aliphatic heterocycles. The summed E-state index contributed by atoms with van der Waals surface area (Å²) in [6, 6.07) is 7.94. The molecule has 2 aromatic carbocycles. The third-order valence-corrected chi connectivity index (χ3v) is 4.87. The van der Waals surface area contributed by atoms with E-state index in [1.165, 1.54) is 12.1 Å². The first-order valence-electron chi connectivity index (χ1n) is 7.86. The second-order valence-electron chi connectivity index (χ2n) is 6.60. The van der Waals surface area contributed by atoms with E-state index >= 15 is 0 Å². The van der Waals surface area contributed by atoms with Crippen LogP contribution in [-0.4, -0.2) is 16.5 Å². The average molecular weight is 394 g/mol. The fourth-order valence-electron chi connectivity index (χ4n) is 2.70. The monoisotopic (exact) mass is 393 g/mol. The lowest BCUT2D eigenvalue weighted by molar-refractivity contribution is -0.384. The highest BCUT2D eigenvalue weighted by atomic mass is 35.5. The van der Waals surface area contributed by atoms with E-state index in [1.54, 1.807) is 6.07 Å². The van der Waals surface area contributed by atoms with Gasteiger partial charge in [0.2, 0.25) is 0 Å². The maximum absolute atomic E-state index is 10.9. The summed E-state index contributed by atoms with van der Waals surface area (Å²) >= 11 is 12.2. The minimum absolute atomic E-state index is 0.0703. The molecule has 0 saturated heterocycles. The SMILES string of the molecule is CC(C)(CN)c1c[nH]c2ccc(Oc3c(Cl)cc([N+](=O)[O-])cc3Cl)cc12. The van der Waals surface area contributed by atoms with Crippen LogP contribution in [0.3, 0.4) is 0 Å². The molecule has 0 aliphatic rings. The number of nitro groups is 1. The van der Waals surface area contributed by atoms with Crippen LogP contribution < -0.4 is 10.5 Å². The Morgan fingerprint density at radius 1 is 1.23 bits per heavy atom. The zero-order valence-electron chi connectivity index (χ0n) is 14.2. The quantitative estimate of drug-likeness (QED) is 0.447. The van der Waals surface area contributed by atoms with Gasteiger partial charge in [0.25, 0.3) is 5.69 Å². The number of nitro benzene ring substituents is 1. The third kappa shape index (κ3) is 3.35. The van der Waals surface area contributed by atoms with Gasteiger partial charge in [0, 0.05) is 41.2 Å². The Morgan fingerprint density at radius 2 is 1.88 bits per heavy atom. The summed E-state index contributed by atoms with van der Waals surface area (Å²) in [5.74, 6) is 0.692. The van der Waals surface area contributed by atoms with Crippen LogP contribution in [0.25, 0.3) is 10.9 Å². The van der Waals surface area contributed by atoms with Crippen LogP contribution in [0.4, 0.5) is 5.69 Å². The molecule has 0 radical (unpaired) electrons. The van der Waals surface area contributed by atoms with Crippen molar-refractivity contribution in [3.05, 3.63) is 62.3 Å². The normalized spacial score (nSPS) is 11.7. The molecular weight excluding hydrogens is 377 g/mol. The molecule has 6 nitrogen and oxygen atoms in total. The second kappa shape index (κ2) is 6.79. The Balaban J connectivity index is 2.02. The summed E-state index contributed by atoms with van der Waals surface area (Å²) in [5, 5.41) is 12.0. The van der Waals surface area contributed by atoms with Gasteiger partial charge in [-0.3, -0.25) is 10.1 Å². The number of halogens is 2. The molecule has 0 atom stereocenters. The van der Waals surface area contributed by atoms with Crippen molar-refractivity contribution < 1.29 is 9.66 Å². The van der Waals surface area contributed by atoms with Crippen molar-refractivity contribution in [2.24, 2.45) is 5.73 Å². The van der Waals surface area contributed by atoms with Crippen molar-refractivity contribution in [1.29, 1.82) is 0 Å². The number of nitrogens with one attached hydrogen (secondary N) is 1. The summed E-state index contributed by atoms with van der Waals surface area (Å²) < 4.78 is 5.82. The summed E-state index contributed by atoms with van der Waals surface area (Å²) in [4.78, 5) is 13.5. The molecule has 0 amide bonds. The number of nitrogens with two attached hydrogens (primary N) is 1. The van der Waals surface area contributed by atoms with Gasteiger partial charge in [-0.15, -0.1) is 0 Å². The van der Waals surface area contributed by atoms with Crippen molar-refractivity contribution in [3.63, 3.8) is 0 Å². The lowest BCUT2D eigenvalue weighted by atomic mass is 9.84. The second-order valence-corrected chi connectivity index (χ2v) is 7.41. The van der Waals surface area contributed by atoms with Crippen molar-refractivity contribution in [1.82, 2.24) is 4.98 Å². The third-order valence-electron chi connectivity index (χ3n) is 4.31. The minimum Gasteiger partial charge on any atom is -0.454 e. The molecule has 3 rings (SSSR count). The molecule has 26 heavy (non-hydrogen) atoms. The summed E-state index contributed by atoms with van der Waals surface area (Å²) in [5.41, 5.74) is 7.51. The Bertz CT molecular complexity index is 976. The first-order valence-corrected chi connectivity index (χ1v) is 8.61. The van der Waals surface area contributed by atoms with Gasteiger partial charge in [-0.1, -0.05) is 37.0 Å². The number of aromatic amines is 1. The zero-order valence-corrected chi connectivity index (χ0v) is 15.7. The lowest BCUT2D eigenvalue weighted by Gasteiger charge is -2.22. The number of aromatic nitrogens is 1. The topological polar surface area (TPSA) is 94.2 Å². The molecular formula is C18H17Cl2N3O3. The van der Waals surface area contributed by atoms with Gasteiger partial charge in [0.1, 0.15) is 5.75 Å². The number of benzene rings is 2. The molecule has 0 spiro atoms. The maximum atomic E-state index is 10.9. The number of rotatable bonds is 5. The van der Waals surface area contributed by atoms with Crippen LogP contribution in [0, 0.1) is 10.1 Å². The van der Waals surface area contributed by atoms with E-state index in [2.05, 4.69) is 18.8 Å². The smallest absolute Gasteiger partial charge is 0.272 e.